The van der Waals surface area contributed by atoms with Gasteiger partial charge in [-0.3, -0.25) is 0 Å². The molecule has 1 N–H and O–H groups in total. The first kappa shape index (κ1) is 19.1. The van der Waals surface area contributed by atoms with Crippen molar-refractivity contribution in [2.75, 3.05) is 5.33 Å². The van der Waals surface area contributed by atoms with E-state index in [2.05, 4.69) is 47.0 Å². The molecule has 134 valence electrons. The van der Waals surface area contributed by atoms with E-state index in [0.717, 1.165) is 21.2 Å². The Morgan fingerprint density at radius 2 is 2.08 bits per heavy atom. The van der Waals surface area contributed by atoms with Gasteiger partial charge >= 0.3 is 6.01 Å². The molecule has 1 aromatic carbocycles. The zero-order valence-electron chi connectivity index (χ0n) is 13.5. The number of alkyl halides is 1. The molecule has 0 fully saturated rings. The van der Waals surface area contributed by atoms with Crippen LogP contribution in [0.3, 0.4) is 0 Å². The summed E-state index contributed by atoms with van der Waals surface area (Å²) in [6.45, 7) is 0.306. The van der Waals surface area contributed by atoms with Crippen LogP contribution >= 0.6 is 43.5 Å². The SMILES string of the molecule is OC1=C(CBr)C=C(c2cnc(OCc3cccc(Cl)c3)nn2)C=C(Br)C1. The van der Waals surface area contributed by atoms with Crippen molar-refractivity contribution in [2.24, 2.45) is 0 Å². The van der Waals surface area contributed by atoms with Gasteiger partial charge < -0.3 is 9.84 Å². The average molecular weight is 500 g/mol. The normalized spacial score (nSPS) is 14.6. The van der Waals surface area contributed by atoms with Gasteiger partial charge in [0.1, 0.15) is 18.1 Å². The van der Waals surface area contributed by atoms with Crippen molar-refractivity contribution in [3.05, 3.63) is 74.7 Å². The maximum absolute atomic E-state index is 10.1. The lowest BCUT2D eigenvalue weighted by atomic mass is 10.1. The molecule has 0 atom stereocenters. The van der Waals surface area contributed by atoms with Crippen LogP contribution < -0.4 is 4.74 Å². The van der Waals surface area contributed by atoms with Crippen molar-refractivity contribution in [1.29, 1.82) is 0 Å². The van der Waals surface area contributed by atoms with E-state index in [1.807, 2.05) is 30.4 Å². The molecule has 1 heterocycles. The smallest absolute Gasteiger partial charge is 0.336 e. The fourth-order valence-electron chi connectivity index (χ4n) is 2.31. The molecule has 1 aromatic heterocycles. The molecular weight excluding hydrogens is 485 g/mol. The van der Waals surface area contributed by atoms with E-state index in [4.69, 9.17) is 16.3 Å². The Bertz CT molecular complexity index is 896. The van der Waals surface area contributed by atoms with Crippen molar-refractivity contribution in [3.8, 4) is 6.01 Å². The van der Waals surface area contributed by atoms with Crippen LogP contribution in [0.15, 0.2) is 58.4 Å². The van der Waals surface area contributed by atoms with Gasteiger partial charge in [0.05, 0.1) is 6.20 Å². The molecule has 26 heavy (non-hydrogen) atoms. The topological polar surface area (TPSA) is 68.1 Å². The highest BCUT2D eigenvalue weighted by Gasteiger charge is 2.13. The number of allylic oxidation sites excluding steroid dienone is 5. The van der Waals surface area contributed by atoms with Gasteiger partial charge in [-0.1, -0.05) is 60.7 Å². The number of hydrogen-bond acceptors (Lipinski definition) is 5. The summed E-state index contributed by atoms with van der Waals surface area (Å²) in [5.74, 6) is 0.308. The zero-order chi connectivity index (χ0) is 18.5. The molecule has 0 aliphatic heterocycles. The predicted molar refractivity (Wildman–Crippen MR) is 109 cm³/mol. The van der Waals surface area contributed by atoms with E-state index >= 15 is 0 Å². The van der Waals surface area contributed by atoms with E-state index in [0.29, 0.717) is 34.8 Å². The number of aromatic nitrogens is 3. The second-order valence-corrected chi connectivity index (χ2v) is 7.53. The molecular formula is C18H14Br2ClN3O2. The maximum atomic E-state index is 10.1. The monoisotopic (exact) mass is 497 g/mol. The third kappa shape index (κ3) is 4.93. The Morgan fingerprint density at radius 3 is 2.77 bits per heavy atom. The van der Waals surface area contributed by atoms with E-state index in [9.17, 15) is 5.11 Å². The molecule has 3 rings (SSSR count). The third-order valence-corrected chi connectivity index (χ3v) is 4.93. The molecule has 5 nitrogen and oxygen atoms in total. The number of halogens is 3. The van der Waals surface area contributed by atoms with Gasteiger partial charge in [-0.05, 0) is 29.8 Å². The molecule has 1 aliphatic carbocycles. The summed E-state index contributed by atoms with van der Waals surface area (Å²) in [5.41, 5.74) is 3.10. The number of rotatable bonds is 5. The molecule has 0 bridgehead atoms. The van der Waals surface area contributed by atoms with Crippen LogP contribution in [0.1, 0.15) is 17.7 Å². The summed E-state index contributed by atoms with van der Waals surface area (Å²) in [4.78, 5) is 4.21. The zero-order valence-corrected chi connectivity index (χ0v) is 17.4. The van der Waals surface area contributed by atoms with Crippen molar-refractivity contribution in [3.63, 3.8) is 0 Å². The summed E-state index contributed by atoms with van der Waals surface area (Å²) in [6, 6.07) is 7.58. The Balaban J connectivity index is 1.75. The van der Waals surface area contributed by atoms with Gasteiger partial charge in [0.25, 0.3) is 0 Å². The van der Waals surface area contributed by atoms with Gasteiger partial charge in [0, 0.05) is 32.4 Å². The molecule has 0 spiro atoms. The van der Waals surface area contributed by atoms with Crippen molar-refractivity contribution in [2.45, 2.75) is 13.0 Å². The second-order valence-electron chi connectivity index (χ2n) is 5.52. The number of ether oxygens (including phenoxy) is 1. The van der Waals surface area contributed by atoms with Crippen molar-refractivity contribution in [1.82, 2.24) is 15.2 Å². The lowest BCUT2D eigenvalue weighted by molar-refractivity contribution is 0.276. The fraction of sp³-hybridized carbons (Fsp3) is 0.167. The first-order valence-electron chi connectivity index (χ1n) is 7.67. The van der Waals surface area contributed by atoms with Crippen LogP contribution in [0.25, 0.3) is 5.57 Å². The first-order chi connectivity index (χ1) is 12.5. The average Bonchev–Trinajstić information content (AvgIpc) is 2.78. The van der Waals surface area contributed by atoms with Crippen LogP contribution in [0.2, 0.25) is 5.02 Å². The summed E-state index contributed by atoms with van der Waals surface area (Å²) in [7, 11) is 0. The third-order valence-electron chi connectivity index (χ3n) is 3.59. The Hall–Kier alpha value is -1.70. The number of aliphatic hydroxyl groups is 1. The van der Waals surface area contributed by atoms with Crippen molar-refractivity contribution < 1.29 is 9.84 Å². The highest BCUT2D eigenvalue weighted by Crippen LogP contribution is 2.29. The molecule has 0 unspecified atom stereocenters. The van der Waals surface area contributed by atoms with Crippen LogP contribution in [0.5, 0.6) is 6.01 Å². The highest BCUT2D eigenvalue weighted by molar-refractivity contribution is 9.11. The molecule has 0 radical (unpaired) electrons. The molecule has 1 aliphatic rings. The highest BCUT2D eigenvalue weighted by atomic mass is 79.9. The molecule has 0 saturated carbocycles. The van der Waals surface area contributed by atoms with E-state index in [1.54, 1.807) is 12.3 Å². The van der Waals surface area contributed by atoms with Gasteiger partial charge in [-0.15, -0.1) is 5.10 Å². The summed E-state index contributed by atoms with van der Waals surface area (Å²) < 4.78 is 6.40. The summed E-state index contributed by atoms with van der Waals surface area (Å²) in [5, 5.41) is 19.5. The Kier molecular flexibility index (Phi) is 6.45. The number of benzene rings is 1. The minimum atomic E-state index is 0.185. The van der Waals surface area contributed by atoms with E-state index in [-0.39, 0.29) is 6.01 Å². The number of hydrogen-bond donors (Lipinski definition) is 1. The van der Waals surface area contributed by atoms with Crippen LogP contribution in [0.4, 0.5) is 0 Å². The van der Waals surface area contributed by atoms with Crippen molar-refractivity contribution >= 4 is 49.0 Å². The van der Waals surface area contributed by atoms with Gasteiger partial charge in [-0.2, -0.15) is 0 Å². The summed E-state index contributed by atoms with van der Waals surface area (Å²) >= 11 is 12.8. The first-order valence-corrected chi connectivity index (χ1v) is 9.96. The number of aliphatic hydroxyl groups excluding tert-OH is 1. The maximum Gasteiger partial charge on any atom is 0.336 e. The van der Waals surface area contributed by atoms with Crippen LogP contribution in [-0.4, -0.2) is 25.6 Å². The molecule has 2 aromatic rings. The lowest BCUT2D eigenvalue weighted by Gasteiger charge is -2.06. The van der Waals surface area contributed by atoms with E-state index < -0.39 is 0 Å². The Morgan fingerprint density at radius 1 is 1.23 bits per heavy atom. The summed E-state index contributed by atoms with van der Waals surface area (Å²) in [6.07, 6.45) is 5.78. The largest absolute Gasteiger partial charge is 0.512 e. The molecule has 0 amide bonds. The van der Waals surface area contributed by atoms with Gasteiger partial charge in [-0.25, -0.2) is 4.98 Å². The standard InChI is InChI=1S/C18H14Br2ClN3O2/c19-8-13-5-12(6-14(20)7-17(13)25)16-9-22-18(24-23-16)26-10-11-2-1-3-15(21)4-11/h1-6,9,25H,7-8,10H2. The van der Waals surface area contributed by atoms with Crippen LogP contribution in [0, 0.1) is 0 Å². The minimum Gasteiger partial charge on any atom is -0.512 e. The van der Waals surface area contributed by atoms with E-state index in [1.165, 1.54) is 0 Å². The quantitative estimate of drug-likeness (QED) is 0.560. The Labute approximate surface area is 172 Å². The second kappa shape index (κ2) is 8.79. The van der Waals surface area contributed by atoms with Crippen LogP contribution in [-0.2, 0) is 6.61 Å². The van der Waals surface area contributed by atoms with Gasteiger partial charge in [0.2, 0.25) is 0 Å². The lowest BCUT2D eigenvalue weighted by Crippen LogP contribution is -2.02. The van der Waals surface area contributed by atoms with Gasteiger partial charge in [0.15, 0.2) is 0 Å². The predicted octanol–water partition coefficient (Wildman–Crippen LogP) is 5.38. The minimum absolute atomic E-state index is 0.185. The fourth-order valence-corrected chi connectivity index (χ4v) is 3.52. The molecule has 8 heteroatoms. The number of nitrogens with zero attached hydrogens (tertiary/aromatic N) is 3. The molecule has 0 saturated heterocycles.